The molecule has 2 atom stereocenters. The Kier molecular flexibility index (Phi) is 6.08. The first-order valence-electron chi connectivity index (χ1n) is 6.51. The second-order valence-electron chi connectivity index (χ2n) is 4.84. The summed E-state index contributed by atoms with van der Waals surface area (Å²) < 4.78 is 25.9. The predicted octanol–water partition coefficient (Wildman–Crippen LogP) is 1.92. The molecule has 5 nitrogen and oxygen atoms in total. The molecule has 0 aliphatic carbocycles. The van der Waals surface area contributed by atoms with Gasteiger partial charge in [0.05, 0.1) is 5.92 Å². The molecule has 0 aromatic heterocycles. The fourth-order valence-corrected chi connectivity index (χ4v) is 1.67. The lowest BCUT2D eigenvalue weighted by atomic mass is 10.0. The first-order chi connectivity index (χ1) is 9.79. The van der Waals surface area contributed by atoms with Crippen molar-refractivity contribution in [3.8, 4) is 0 Å². The lowest BCUT2D eigenvalue weighted by Crippen LogP contribution is -2.45. The van der Waals surface area contributed by atoms with E-state index in [-0.39, 0.29) is 13.0 Å². The van der Waals surface area contributed by atoms with Crippen LogP contribution in [0.5, 0.6) is 0 Å². The number of halogens is 2. The average Bonchev–Trinajstić information content (AvgIpc) is 2.36. The Morgan fingerprint density at radius 2 is 1.76 bits per heavy atom. The molecule has 1 aromatic rings. The van der Waals surface area contributed by atoms with Crippen molar-refractivity contribution in [1.82, 2.24) is 10.6 Å². The largest absolute Gasteiger partial charge is 0.481 e. The van der Waals surface area contributed by atoms with E-state index in [1.165, 1.54) is 19.1 Å². The van der Waals surface area contributed by atoms with Crippen molar-refractivity contribution in [1.29, 1.82) is 0 Å². The highest BCUT2D eigenvalue weighted by Gasteiger charge is 2.20. The molecule has 3 N–H and O–H groups in total. The van der Waals surface area contributed by atoms with E-state index in [2.05, 4.69) is 10.6 Å². The first-order valence-corrected chi connectivity index (χ1v) is 6.51. The molecular formula is C14H18F2N2O3. The van der Waals surface area contributed by atoms with E-state index in [9.17, 15) is 18.4 Å². The van der Waals surface area contributed by atoms with Gasteiger partial charge in [-0.15, -0.1) is 0 Å². The maximum atomic E-state index is 13.0. The Labute approximate surface area is 121 Å². The number of carboxylic acids is 1. The summed E-state index contributed by atoms with van der Waals surface area (Å²) in [5, 5.41) is 13.8. The summed E-state index contributed by atoms with van der Waals surface area (Å²) in [7, 11) is 0. The number of amides is 2. The SMILES string of the molecule is CC(NC(=O)NCCc1cc(F)cc(F)c1)C(C)C(=O)O. The summed E-state index contributed by atoms with van der Waals surface area (Å²) in [6, 6.07) is 2.11. The molecule has 2 amide bonds. The minimum absolute atomic E-state index is 0.183. The Hall–Kier alpha value is -2.18. The summed E-state index contributed by atoms with van der Waals surface area (Å²) in [6.07, 6.45) is 0.269. The van der Waals surface area contributed by atoms with Crippen LogP contribution in [0, 0.1) is 17.6 Å². The molecule has 7 heteroatoms. The first kappa shape index (κ1) is 16.9. The van der Waals surface area contributed by atoms with E-state index in [0.717, 1.165) is 6.07 Å². The molecule has 0 heterocycles. The minimum Gasteiger partial charge on any atom is -0.481 e. The van der Waals surface area contributed by atoms with Crippen LogP contribution < -0.4 is 10.6 Å². The van der Waals surface area contributed by atoms with Gasteiger partial charge in [0.25, 0.3) is 0 Å². The van der Waals surface area contributed by atoms with E-state index in [4.69, 9.17) is 5.11 Å². The number of carbonyl (C=O) groups is 2. The fourth-order valence-electron chi connectivity index (χ4n) is 1.67. The second-order valence-corrected chi connectivity index (χ2v) is 4.84. The van der Waals surface area contributed by atoms with Gasteiger partial charge in [-0.1, -0.05) is 0 Å². The van der Waals surface area contributed by atoms with Gasteiger partial charge in [-0.2, -0.15) is 0 Å². The molecule has 2 unspecified atom stereocenters. The lowest BCUT2D eigenvalue weighted by Gasteiger charge is -2.18. The van der Waals surface area contributed by atoms with E-state index in [0.29, 0.717) is 5.56 Å². The van der Waals surface area contributed by atoms with Gasteiger partial charge in [-0.25, -0.2) is 13.6 Å². The number of rotatable bonds is 6. The van der Waals surface area contributed by atoms with Gasteiger partial charge < -0.3 is 15.7 Å². The van der Waals surface area contributed by atoms with Crippen LogP contribution in [0.2, 0.25) is 0 Å². The van der Waals surface area contributed by atoms with Gasteiger partial charge in [0, 0.05) is 18.7 Å². The van der Waals surface area contributed by atoms with Crippen LogP contribution in [0.15, 0.2) is 18.2 Å². The van der Waals surface area contributed by atoms with Gasteiger partial charge in [-0.3, -0.25) is 4.79 Å². The van der Waals surface area contributed by atoms with Gasteiger partial charge in [-0.05, 0) is 38.0 Å². The van der Waals surface area contributed by atoms with Crippen molar-refractivity contribution in [2.24, 2.45) is 5.92 Å². The molecule has 0 bridgehead atoms. The van der Waals surface area contributed by atoms with Crippen LogP contribution >= 0.6 is 0 Å². The molecule has 0 saturated carbocycles. The average molecular weight is 300 g/mol. The number of benzene rings is 1. The monoisotopic (exact) mass is 300 g/mol. The Morgan fingerprint density at radius 3 is 2.29 bits per heavy atom. The fraction of sp³-hybridized carbons (Fsp3) is 0.429. The summed E-state index contributed by atoms with van der Waals surface area (Å²) in [5.41, 5.74) is 0.430. The van der Waals surface area contributed by atoms with E-state index < -0.39 is 35.6 Å². The topological polar surface area (TPSA) is 78.4 Å². The summed E-state index contributed by atoms with van der Waals surface area (Å²) in [4.78, 5) is 22.3. The zero-order chi connectivity index (χ0) is 16.0. The molecule has 1 rings (SSSR count). The number of carboxylic acid groups (broad SMARTS) is 1. The van der Waals surface area contributed by atoms with Gasteiger partial charge >= 0.3 is 12.0 Å². The summed E-state index contributed by atoms with van der Waals surface area (Å²) in [6.45, 7) is 3.26. The van der Waals surface area contributed by atoms with Crippen LogP contribution in [-0.4, -0.2) is 29.7 Å². The maximum Gasteiger partial charge on any atom is 0.315 e. The Bertz CT molecular complexity index is 503. The molecule has 0 aliphatic heterocycles. The van der Waals surface area contributed by atoms with Crippen LogP contribution in [0.3, 0.4) is 0 Å². The third kappa shape index (κ3) is 5.76. The van der Waals surface area contributed by atoms with Gasteiger partial charge in [0.2, 0.25) is 0 Å². The highest BCUT2D eigenvalue weighted by atomic mass is 19.1. The number of urea groups is 1. The van der Waals surface area contributed by atoms with E-state index in [1.54, 1.807) is 6.92 Å². The molecule has 1 aromatic carbocycles. The van der Waals surface area contributed by atoms with E-state index in [1.807, 2.05) is 0 Å². The van der Waals surface area contributed by atoms with Crippen LogP contribution in [0.1, 0.15) is 19.4 Å². The van der Waals surface area contributed by atoms with Gasteiger partial charge in [0.1, 0.15) is 11.6 Å². The van der Waals surface area contributed by atoms with Crippen molar-refractivity contribution >= 4 is 12.0 Å². The normalized spacial score (nSPS) is 13.3. The zero-order valence-electron chi connectivity index (χ0n) is 11.8. The number of hydrogen-bond acceptors (Lipinski definition) is 2. The number of nitrogens with one attached hydrogen (secondary N) is 2. The summed E-state index contributed by atoms with van der Waals surface area (Å²) >= 11 is 0. The third-order valence-electron chi connectivity index (χ3n) is 3.12. The predicted molar refractivity (Wildman–Crippen MR) is 72.9 cm³/mol. The van der Waals surface area contributed by atoms with Gasteiger partial charge in [0.15, 0.2) is 0 Å². The van der Waals surface area contributed by atoms with Crippen molar-refractivity contribution < 1.29 is 23.5 Å². The molecular weight excluding hydrogens is 282 g/mol. The van der Waals surface area contributed by atoms with Crippen LogP contribution in [-0.2, 0) is 11.2 Å². The zero-order valence-corrected chi connectivity index (χ0v) is 11.8. The minimum atomic E-state index is -1.00. The second kappa shape index (κ2) is 7.56. The van der Waals surface area contributed by atoms with Crippen molar-refractivity contribution in [2.75, 3.05) is 6.54 Å². The molecule has 0 fully saturated rings. The molecule has 0 saturated heterocycles. The van der Waals surface area contributed by atoms with Crippen molar-refractivity contribution in [3.63, 3.8) is 0 Å². The summed E-state index contributed by atoms with van der Waals surface area (Å²) in [5.74, 6) is -3.05. The lowest BCUT2D eigenvalue weighted by molar-refractivity contribution is -0.141. The third-order valence-corrected chi connectivity index (χ3v) is 3.12. The quantitative estimate of drug-likeness (QED) is 0.751. The number of aliphatic carboxylic acids is 1. The highest BCUT2D eigenvalue weighted by Crippen LogP contribution is 2.08. The van der Waals surface area contributed by atoms with Crippen molar-refractivity contribution in [3.05, 3.63) is 35.4 Å². The number of carbonyl (C=O) groups excluding carboxylic acids is 1. The molecule has 116 valence electrons. The number of hydrogen-bond donors (Lipinski definition) is 3. The van der Waals surface area contributed by atoms with Crippen LogP contribution in [0.25, 0.3) is 0 Å². The smallest absolute Gasteiger partial charge is 0.315 e. The van der Waals surface area contributed by atoms with Crippen molar-refractivity contribution in [2.45, 2.75) is 26.3 Å². The Balaban J connectivity index is 2.38. The molecule has 0 spiro atoms. The Morgan fingerprint density at radius 1 is 1.19 bits per heavy atom. The van der Waals surface area contributed by atoms with E-state index >= 15 is 0 Å². The maximum absolute atomic E-state index is 13.0. The standard InChI is InChI=1S/C14H18F2N2O3/c1-8(13(19)20)9(2)18-14(21)17-4-3-10-5-11(15)7-12(16)6-10/h5-9H,3-4H2,1-2H3,(H,19,20)(H2,17,18,21). The van der Waals surface area contributed by atoms with Crippen LogP contribution in [0.4, 0.5) is 13.6 Å². The molecule has 21 heavy (non-hydrogen) atoms. The highest BCUT2D eigenvalue weighted by molar-refractivity contribution is 5.76. The molecule has 0 aliphatic rings. The molecule has 0 radical (unpaired) electrons.